The standard InChI is InChI=1S/C19H24FN7O/c1-15(28)24-6-10-26(11-7-24)18-14-21-23-19(22-18)27-12-8-25(9-13-27)17-4-2-16(20)3-5-17/h2-5,14H,6-13H2,1H3. The van der Waals surface area contributed by atoms with Gasteiger partial charge in [0.1, 0.15) is 5.82 Å². The minimum atomic E-state index is -0.220. The van der Waals surface area contributed by atoms with Crippen LogP contribution < -0.4 is 14.7 Å². The number of benzene rings is 1. The number of hydrogen-bond donors (Lipinski definition) is 0. The Morgan fingerprint density at radius 3 is 2.14 bits per heavy atom. The van der Waals surface area contributed by atoms with Crippen molar-refractivity contribution in [2.75, 3.05) is 67.1 Å². The fraction of sp³-hybridized carbons (Fsp3) is 0.474. The van der Waals surface area contributed by atoms with Gasteiger partial charge >= 0.3 is 0 Å². The molecule has 1 aromatic carbocycles. The molecule has 0 bridgehead atoms. The van der Waals surface area contributed by atoms with Crippen LogP contribution in [0.3, 0.4) is 0 Å². The predicted molar refractivity (Wildman–Crippen MR) is 105 cm³/mol. The van der Waals surface area contributed by atoms with Crippen LogP contribution in [0.15, 0.2) is 30.5 Å². The average Bonchev–Trinajstić information content (AvgIpc) is 2.75. The van der Waals surface area contributed by atoms with Crippen LogP contribution in [0.1, 0.15) is 6.92 Å². The second kappa shape index (κ2) is 7.95. The molecule has 0 spiro atoms. The first-order chi connectivity index (χ1) is 13.6. The number of anilines is 3. The second-order valence-electron chi connectivity index (χ2n) is 7.06. The largest absolute Gasteiger partial charge is 0.368 e. The zero-order valence-electron chi connectivity index (χ0n) is 16.0. The Labute approximate surface area is 163 Å². The summed E-state index contributed by atoms with van der Waals surface area (Å²) in [7, 11) is 0. The van der Waals surface area contributed by atoms with Crippen LogP contribution in [0.5, 0.6) is 0 Å². The molecule has 0 saturated carbocycles. The molecule has 2 aliphatic heterocycles. The van der Waals surface area contributed by atoms with Crippen molar-refractivity contribution in [3.05, 3.63) is 36.3 Å². The van der Waals surface area contributed by atoms with E-state index in [2.05, 4.69) is 24.9 Å². The number of halogens is 1. The predicted octanol–water partition coefficient (Wildman–Crippen LogP) is 1.01. The van der Waals surface area contributed by atoms with E-state index in [-0.39, 0.29) is 11.7 Å². The third-order valence-electron chi connectivity index (χ3n) is 5.34. The Balaban J connectivity index is 1.37. The summed E-state index contributed by atoms with van der Waals surface area (Å²) >= 11 is 0. The number of nitrogens with zero attached hydrogens (tertiary/aromatic N) is 7. The summed E-state index contributed by atoms with van der Waals surface area (Å²) in [4.78, 5) is 24.5. The molecule has 3 heterocycles. The molecule has 2 saturated heterocycles. The van der Waals surface area contributed by atoms with Crippen molar-refractivity contribution in [2.45, 2.75) is 6.92 Å². The van der Waals surface area contributed by atoms with Gasteiger partial charge in [0.2, 0.25) is 11.9 Å². The normalized spacial score (nSPS) is 17.8. The maximum Gasteiger partial charge on any atom is 0.247 e. The first-order valence-electron chi connectivity index (χ1n) is 9.56. The Morgan fingerprint density at radius 1 is 0.893 bits per heavy atom. The van der Waals surface area contributed by atoms with Crippen LogP contribution in [-0.4, -0.2) is 78.3 Å². The minimum absolute atomic E-state index is 0.111. The topological polar surface area (TPSA) is 68.7 Å². The van der Waals surface area contributed by atoms with Crippen LogP contribution in [0.25, 0.3) is 0 Å². The van der Waals surface area contributed by atoms with E-state index in [9.17, 15) is 9.18 Å². The van der Waals surface area contributed by atoms with E-state index in [4.69, 9.17) is 4.98 Å². The maximum absolute atomic E-state index is 13.1. The Bertz CT molecular complexity index is 815. The van der Waals surface area contributed by atoms with Crippen molar-refractivity contribution >= 4 is 23.4 Å². The number of aromatic nitrogens is 3. The molecule has 148 valence electrons. The SMILES string of the molecule is CC(=O)N1CCN(c2cnnc(N3CCN(c4ccc(F)cc4)CC3)n2)CC1. The van der Waals surface area contributed by atoms with Crippen LogP contribution in [0.2, 0.25) is 0 Å². The van der Waals surface area contributed by atoms with E-state index in [0.29, 0.717) is 19.0 Å². The Hall–Kier alpha value is -2.97. The van der Waals surface area contributed by atoms with Gasteiger partial charge in [-0.3, -0.25) is 4.79 Å². The molecule has 0 N–H and O–H groups in total. The van der Waals surface area contributed by atoms with E-state index in [1.165, 1.54) is 12.1 Å². The van der Waals surface area contributed by atoms with Crippen LogP contribution in [0, 0.1) is 5.82 Å². The van der Waals surface area contributed by atoms with Gasteiger partial charge in [-0.05, 0) is 24.3 Å². The fourth-order valence-electron chi connectivity index (χ4n) is 3.64. The van der Waals surface area contributed by atoms with Gasteiger partial charge in [0.25, 0.3) is 0 Å². The average molecular weight is 385 g/mol. The summed E-state index contributed by atoms with van der Waals surface area (Å²) in [6, 6.07) is 6.60. The van der Waals surface area contributed by atoms with E-state index >= 15 is 0 Å². The van der Waals surface area contributed by atoms with Gasteiger partial charge in [0, 0.05) is 65.0 Å². The van der Waals surface area contributed by atoms with Crippen LogP contribution in [0.4, 0.5) is 21.8 Å². The van der Waals surface area contributed by atoms with Gasteiger partial charge < -0.3 is 19.6 Å². The molecule has 0 unspecified atom stereocenters. The highest BCUT2D eigenvalue weighted by Crippen LogP contribution is 2.20. The van der Waals surface area contributed by atoms with Crippen molar-refractivity contribution in [1.29, 1.82) is 0 Å². The Kier molecular flexibility index (Phi) is 5.23. The van der Waals surface area contributed by atoms with Crippen molar-refractivity contribution in [3.63, 3.8) is 0 Å². The third kappa shape index (κ3) is 3.97. The van der Waals surface area contributed by atoms with Gasteiger partial charge in [-0.15, -0.1) is 5.10 Å². The van der Waals surface area contributed by atoms with Crippen molar-refractivity contribution in [1.82, 2.24) is 20.1 Å². The lowest BCUT2D eigenvalue weighted by molar-refractivity contribution is -0.129. The molecule has 4 rings (SSSR count). The smallest absolute Gasteiger partial charge is 0.247 e. The molecule has 2 aliphatic rings. The number of amides is 1. The van der Waals surface area contributed by atoms with Gasteiger partial charge in [0.05, 0.1) is 6.20 Å². The molecule has 1 amide bonds. The highest BCUT2D eigenvalue weighted by molar-refractivity contribution is 5.73. The number of carbonyl (C=O) groups is 1. The van der Waals surface area contributed by atoms with Crippen LogP contribution >= 0.6 is 0 Å². The van der Waals surface area contributed by atoms with Crippen LogP contribution in [-0.2, 0) is 4.79 Å². The summed E-state index contributed by atoms with van der Waals surface area (Å²) in [5.41, 5.74) is 1.03. The molecule has 1 aromatic heterocycles. The Morgan fingerprint density at radius 2 is 1.50 bits per heavy atom. The zero-order chi connectivity index (χ0) is 19.5. The molecule has 0 atom stereocenters. The molecule has 9 heteroatoms. The zero-order valence-corrected chi connectivity index (χ0v) is 16.0. The lowest BCUT2D eigenvalue weighted by atomic mass is 10.2. The molecule has 0 aliphatic carbocycles. The summed E-state index contributed by atoms with van der Waals surface area (Å²) < 4.78 is 13.1. The van der Waals surface area contributed by atoms with Crippen molar-refractivity contribution in [2.24, 2.45) is 0 Å². The maximum atomic E-state index is 13.1. The highest BCUT2D eigenvalue weighted by atomic mass is 19.1. The van der Waals surface area contributed by atoms with E-state index in [1.54, 1.807) is 13.1 Å². The third-order valence-corrected chi connectivity index (χ3v) is 5.34. The summed E-state index contributed by atoms with van der Waals surface area (Å²) in [6.07, 6.45) is 1.68. The summed E-state index contributed by atoms with van der Waals surface area (Å²) in [5.74, 6) is 1.32. The van der Waals surface area contributed by atoms with E-state index in [1.807, 2.05) is 17.0 Å². The van der Waals surface area contributed by atoms with Gasteiger partial charge in [-0.25, -0.2) is 4.39 Å². The molecule has 8 nitrogen and oxygen atoms in total. The van der Waals surface area contributed by atoms with Crippen molar-refractivity contribution < 1.29 is 9.18 Å². The molecule has 28 heavy (non-hydrogen) atoms. The lowest BCUT2D eigenvalue weighted by Gasteiger charge is -2.37. The molecule has 0 radical (unpaired) electrons. The van der Waals surface area contributed by atoms with Gasteiger partial charge in [-0.1, -0.05) is 0 Å². The van der Waals surface area contributed by atoms with E-state index < -0.39 is 0 Å². The van der Waals surface area contributed by atoms with Crippen molar-refractivity contribution in [3.8, 4) is 0 Å². The number of carbonyl (C=O) groups excluding carboxylic acids is 1. The number of rotatable bonds is 3. The number of hydrogen-bond acceptors (Lipinski definition) is 7. The monoisotopic (exact) mass is 385 g/mol. The molecular weight excluding hydrogens is 361 g/mol. The molecular formula is C19H24FN7O. The van der Waals surface area contributed by atoms with E-state index in [0.717, 1.165) is 50.8 Å². The lowest BCUT2D eigenvalue weighted by Crippen LogP contribution is -2.49. The van der Waals surface area contributed by atoms with Gasteiger partial charge in [-0.2, -0.15) is 10.1 Å². The molecule has 2 fully saturated rings. The highest BCUT2D eigenvalue weighted by Gasteiger charge is 2.23. The molecule has 2 aromatic rings. The fourth-order valence-corrected chi connectivity index (χ4v) is 3.64. The van der Waals surface area contributed by atoms with Gasteiger partial charge in [0.15, 0.2) is 5.82 Å². The summed E-state index contributed by atoms with van der Waals surface area (Å²) in [6.45, 7) is 7.68. The second-order valence-corrected chi connectivity index (χ2v) is 7.06. The minimum Gasteiger partial charge on any atom is -0.368 e. The first-order valence-corrected chi connectivity index (χ1v) is 9.56. The summed E-state index contributed by atoms with van der Waals surface area (Å²) in [5, 5.41) is 8.36. The first kappa shape index (κ1) is 18.4. The quantitative estimate of drug-likeness (QED) is 0.781. The number of piperazine rings is 2.